The van der Waals surface area contributed by atoms with E-state index in [0.29, 0.717) is 34.4 Å². The van der Waals surface area contributed by atoms with Crippen LogP contribution in [0.15, 0.2) is 72.8 Å². The Morgan fingerprint density at radius 1 is 0.968 bits per heavy atom. The van der Waals surface area contributed by atoms with Crippen LogP contribution in [0.25, 0.3) is 0 Å². The van der Waals surface area contributed by atoms with Crippen molar-refractivity contribution in [2.24, 2.45) is 0 Å². The highest BCUT2D eigenvalue weighted by Crippen LogP contribution is 2.30. The van der Waals surface area contributed by atoms with Crippen molar-refractivity contribution in [1.82, 2.24) is 10.9 Å². The van der Waals surface area contributed by atoms with Gasteiger partial charge in [-0.3, -0.25) is 20.4 Å². The maximum atomic E-state index is 12.4. The predicted octanol–water partition coefficient (Wildman–Crippen LogP) is 3.52. The third-order valence-electron chi connectivity index (χ3n) is 4.49. The zero-order valence-corrected chi connectivity index (χ0v) is 17.1. The summed E-state index contributed by atoms with van der Waals surface area (Å²) in [6.45, 7) is 0.356. The maximum absolute atomic E-state index is 12.4. The topological polar surface area (TPSA) is 85.9 Å². The molecule has 3 aromatic carbocycles. The first-order valence-electron chi connectivity index (χ1n) is 9.54. The first-order chi connectivity index (χ1) is 15.1. The molecule has 0 saturated carbocycles. The van der Waals surface area contributed by atoms with Gasteiger partial charge in [0.05, 0.1) is 0 Å². The second-order valence-electron chi connectivity index (χ2n) is 6.75. The van der Waals surface area contributed by atoms with Gasteiger partial charge in [-0.2, -0.15) is 0 Å². The fourth-order valence-electron chi connectivity index (χ4n) is 2.94. The minimum absolute atomic E-state index is 0.0472. The molecule has 1 heterocycles. The Morgan fingerprint density at radius 2 is 1.77 bits per heavy atom. The Kier molecular flexibility index (Phi) is 6.24. The highest BCUT2D eigenvalue weighted by molar-refractivity contribution is 6.30. The van der Waals surface area contributed by atoms with Gasteiger partial charge in [0.25, 0.3) is 11.8 Å². The largest absolute Gasteiger partial charge is 0.489 e. The number of carbonyl (C=O) groups excluding carboxylic acids is 2. The quantitative estimate of drug-likeness (QED) is 0.595. The van der Waals surface area contributed by atoms with E-state index in [1.807, 2.05) is 24.3 Å². The number of hydrazine groups is 1. The van der Waals surface area contributed by atoms with Gasteiger partial charge >= 0.3 is 0 Å². The van der Waals surface area contributed by atoms with E-state index < -0.39 is 17.9 Å². The lowest BCUT2D eigenvalue weighted by molar-refractivity contribution is -0.131. The van der Waals surface area contributed by atoms with E-state index in [2.05, 4.69) is 10.9 Å². The monoisotopic (exact) mass is 438 g/mol. The van der Waals surface area contributed by atoms with Gasteiger partial charge in [-0.15, -0.1) is 0 Å². The minimum atomic E-state index is -0.873. The molecule has 31 heavy (non-hydrogen) atoms. The van der Waals surface area contributed by atoms with Gasteiger partial charge in [0, 0.05) is 10.6 Å². The van der Waals surface area contributed by atoms with Crippen LogP contribution in [0.3, 0.4) is 0 Å². The van der Waals surface area contributed by atoms with E-state index in [1.165, 1.54) is 0 Å². The summed E-state index contributed by atoms with van der Waals surface area (Å²) in [5.74, 6) is 0.560. The molecule has 1 unspecified atom stereocenters. The van der Waals surface area contributed by atoms with Crippen LogP contribution in [0, 0.1) is 0 Å². The number of ether oxygens (including phenoxy) is 3. The lowest BCUT2D eigenvalue weighted by Crippen LogP contribution is -2.50. The Labute approximate surface area is 183 Å². The van der Waals surface area contributed by atoms with E-state index in [9.17, 15) is 9.59 Å². The van der Waals surface area contributed by atoms with E-state index in [4.69, 9.17) is 25.8 Å². The molecule has 3 aromatic rings. The SMILES string of the molecule is O=C(NNC(=O)C1COc2ccccc2O1)c1cccc(OCc2cccc(Cl)c2)c1. The number of fused-ring (bicyclic) bond motifs is 1. The zero-order valence-electron chi connectivity index (χ0n) is 16.3. The van der Waals surface area contributed by atoms with Crippen LogP contribution in [-0.2, 0) is 11.4 Å². The van der Waals surface area contributed by atoms with Crippen molar-refractivity contribution in [3.05, 3.63) is 88.9 Å². The number of amides is 2. The molecular weight excluding hydrogens is 420 g/mol. The van der Waals surface area contributed by atoms with Crippen molar-refractivity contribution in [3.63, 3.8) is 0 Å². The highest BCUT2D eigenvalue weighted by atomic mass is 35.5. The molecular formula is C23H19ClN2O5. The summed E-state index contributed by atoms with van der Waals surface area (Å²) < 4.78 is 16.9. The summed E-state index contributed by atoms with van der Waals surface area (Å²) in [6.07, 6.45) is -0.873. The fourth-order valence-corrected chi connectivity index (χ4v) is 3.15. The van der Waals surface area contributed by atoms with Crippen molar-refractivity contribution in [3.8, 4) is 17.2 Å². The number of hydrogen-bond donors (Lipinski definition) is 2. The molecule has 2 amide bonds. The van der Waals surface area contributed by atoms with Gasteiger partial charge in [-0.1, -0.05) is 41.9 Å². The third-order valence-corrected chi connectivity index (χ3v) is 4.73. The number of benzene rings is 3. The average molecular weight is 439 g/mol. The fraction of sp³-hybridized carbons (Fsp3) is 0.130. The molecule has 1 aliphatic rings. The number of rotatable bonds is 5. The molecule has 158 valence electrons. The molecule has 8 heteroatoms. The number of hydrogen-bond acceptors (Lipinski definition) is 5. The van der Waals surface area contributed by atoms with E-state index in [1.54, 1.807) is 48.5 Å². The zero-order chi connectivity index (χ0) is 21.6. The van der Waals surface area contributed by atoms with Gasteiger partial charge in [0.2, 0.25) is 6.10 Å². The van der Waals surface area contributed by atoms with E-state index in [-0.39, 0.29) is 6.61 Å². The Balaban J connectivity index is 1.30. The Morgan fingerprint density at radius 3 is 2.61 bits per heavy atom. The van der Waals surface area contributed by atoms with Gasteiger partial charge in [-0.05, 0) is 48.0 Å². The highest BCUT2D eigenvalue weighted by Gasteiger charge is 2.27. The Bertz CT molecular complexity index is 1100. The van der Waals surface area contributed by atoms with Crippen LogP contribution in [0.4, 0.5) is 0 Å². The summed E-state index contributed by atoms with van der Waals surface area (Å²) >= 11 is 5.98. The van der Waals surface area contributed by atoms with Crippen LogP contribution < -0.4 is 25.1 Å². The molecule has 0 spiro atoms. The normalized spacial score (nSPS) is 14.4. The number of halogens is 1. The number of carbonyl (C=O) groups is 2. The molecule has 0 saturated heterocycles. The maximum Gasteiger partial charge on any atom is 0.283 e. The van der Waals surface area contributed by atoms with Crippen LogP contribution in [-0.4, -0.2) is 24.5 Å². The first kappa shape index (κ1) is 20.6. The molecule has 7 nitrogen and oxygen atoms in total. The van der Waals surface area contributed by atoms with Crippen molar-refractivity contribution < 1.29 is 23.8 Å². The van der Waals surface area contributed by atoms with Gasteiger partial charge in [0.1, 0.15) is 19.0 Å². The molecule has 0 aromatic heterocycles. The predicted molar refractivity (Wildman–Crippen MR) is 114 cm³/mol. The van der Waals surface area contributed by atoms with Crippen LogP contribution in [0.2, 0.25) is 5.02 Å². The molecule has 2 N–H and O–H groups in total. The second-order valence-corrected chi connectivity index (χ2v) is 7.19. The van der Waals surface area contributed by atoms with Crippen LogP contribution >= 0.6 is 11.6 Å². The van der Waals surface area contributed by atoms with Crippen LogP contribution in [0.5, 0.6) is 17.2 Å². The number of nitrogens with one attached hydrogen (secondary N) is 2. The summed E-state index contributed by atoms with van der Waals surface area (Å²) in [5.41, 5.74) is 5.98. The van der Waals surface area contributed by atoms with Gasteiger partial charge < -0.3 is 14.2 Å². The first-order valence-corrected chi connectivity index (χ1v) is 9.92. The molecule has 0 aliphatic carbocycles. The second kappa shape index (κ2) is 9.40. The van der Waals surface area contributed by atoms with Crippen molar-refractivity contribution >= 4 is 23.4 Å². The van der Waals surface area contributed by atoms with Gasteiger partial charge in [-0.25, -0.2) is 0 Å². The Hall–Kier alpha value is -3.71. The smallest absolute Gasteiger partial charge is 0.283 e. The summed E-state index contributed by atoms with van der Waals surface area (Å²) in [5, 5.41) is 0.626. The van der Waals surface area contributed by atoms with Gasteiger partial charge in [0.15, 0.2) is 11.5 Å². The summed E-state index contributed by atoms with van der Waals surface area (Å²) in [6, 6.07) is 21.0. The third kappa shape index (κ3) is 5.26. The molecule has 1 atom stereocenters. The van der Waals surface area contributed by atoms with E-state index >= 15 is 0 Å². The molecule has 0 fully saturated rings. The van der Waals surface area contributed by atoms with Crippen molar-refractivity contribution in [2.45, 2.75) is 12.7 Å². The lowest BCUT2D eigenvalue weighted by atomic mass is 10.2. The van der Waals surface area contributed by atoms with Crippen molar-refractivity contribution in [1.29, 1.82) is 0 Å². The van der Waals surface area contributed by atoms with E-state index in [0.717, 1.165) is 5.56 Å². The molecule has 0 radical (unpaired) electrons. The van der Waals surface area contributed by atoms with Crippen molar-refractivity contribution in [2.75, 3.05) is 6.61 Å². The molecule has 0 bridgehead atoms. The molecule has 4 rings (SSSR count). The standard InChI is InChI=1S/C23H19ClN2O5/c24-17-7-3-5-15(11-17)13-29-18-8-4-6-16(12-18)22(27)25-26-23(28)21-14-30-19-9-1-2-10-20(19)31-21/h1-12,21H,13-14H2,(H,25,27)(H,26,28). The average Bonchev–Trinajstić information content (AvgIpc) is 2.81. The summed E-state index contributed by atoms with van der Waals surface area (Å²) in [7, 11) is 0. The number of para-hydroxylation sites is 2. The summed E-state index contributed by atoms with van der Waals surface area (Å²) in [4.78, 5) is 24.8. The minimum Gasteiger partial charge on any atom is -0.489 e. The molecule has 1 aliphatic heterocycles. The lowest BCUT2D eigenvalue weighted by Gasteiger charge is -2.25. The van der Waals surface area contributed by atoms with Crippen LogP contribution in [0.1, 0.15) is 15.9 Å².